The minimum Gasteiger partial charge on any atom is -0.481 e. The van der Waals surface area contributed by atoms with Gasteiger partial charge in [0.05, 0.1) is 5.92 Å². The van der Waals surface area contributed by atoms with Crippen LogP contribution in [0.1, 0.15) is 19.8 Å². The molecule has 0 bridgehead atoms. The van der Waals surface area contributed by atoms with Crippen molar-refractivity contribution in [2.75, 3.05) is 26.7 Å². The number of hydrogen-bond donors (Lipinski definition) is 1. The number of carboxylic acid groups (broad SMARTS) is 1. The summed E-state index contributed by atoms with van der Waals surface area (Å²) in [6.07, 6.45) is 3.60. The highest BCUT2D eigenvalue weighted by atomic mass is 16.4. The summed E-state index contributed by atoms with van der Waals surface area (Å²) in [7, 11) is 1.75. The first-order valence-corrected chi connectivity index (χ1v) is 6.31. The molecule has 0 radical (unpaired) electrons. The van der Waals surface area contributed by atoms with Gasteiger partial charge in [-0.1, -0.05) is 13.0 Å². The number of allylic oxidation sites excluding steroid dienone is 1. The number of urea groups is 1. The number of carbonyl (C=O) groups excluding carboxylic acids is 1. The molecule has 2 atom stereocenters. The Balaban J connectivity index is 2.48. The van der Waals surface area contributed by atoms with Gasteiger partial charge in [-0.3, -0.25) is 4.79 Å². The normalized spacial score (nSPS) is 22.9. The van der Waals surface area contributed by atoms with Gasteiger partial charge in [-0.15, -0.1) is 6.58 Å². The van der Waals surface area contributed by atoms with Gasteiger partial charge >= 0.3 is 12.0 Å². The fraction of sp³-hybridized carbons (Fsp3) is 0.692. The Labute approximate surface area is 108 Å². The van der Waals surface area contributed by atoms with Crippen LogP contribution in [0.25, 0.3) is 0 Å². The molecule has 2 amide bonds. The van der Waals surface area contributed by atoms with E-state index in [1.165, 1.54) is 0 Å². The quantitative estimate of drug-likeness (QED) is 0.599. The van der Waals surface area contributed by atoms with Crippen LogP contribution in [0.4, 0.5) is 4.79 Å². The maximum absolute atomic E-state index is 12.1. The first kappa shape index (κ1) is 14.5. The maximum atomic E-state index is 12.1. The summed E-state index contributed by atoms with van der Waals surface area (Å²) in [5.41, 5.74) is 0. The van der Waals surface area contributed by atoms with Gasteiger partial charge in [0.25, 0.3) is 0 Å². The van der Waals surface area contributed by atoms with Gasteiger partial charge < -0.3 is 14.9 Å². The lowest BCUT2D eigenvalue weighted by molar-refractivity contribution is -0.142. The summed E-state index contributed by atoms with van der Waals surface area (Å²) in [5, 5.41) is 9.03. The third-order valence-corrected chi connectivity index (χ3v) is 3.43. The number of likely N-dealkylation sites (tertiary alicyclic amines) is 1. The van der Waals surface area contributed by atoms with Crippen molar-refractivity contribution in [1.29, 1.82) is 0 Å². The van der Waals surface area contributed by atoms with Crippen molar-refractivity contribution >= 4 is 12.0 Å². The molecule has 0 spiro atoms. The number of unbranched alkanes of at least 4 members (excludes halogenated alkanes) is 1. The molecule has 1 heterocycles. The lowest BCUT2D eigenvalue weighted by atomic mass is 9.99. The fourth-order valence-corrected chi connectivity index (χ4v) is 2.25. The average molecular weight is 254 g/mol. The lowest BCUT2D eigenvalue weighted by Gasteiger charge is -2.24. The van der Waals surface area contributed by atoms with Crippen LogP contribution in [0.2, 0.25) is 0 Å². The summed E-state index contributed by atoms with van der Waals surface area (Å²) in [5.74, 6) is -1.23. The highest BCUT2D eigenvalue weighted by molar-refractivity contribution is 5.77. The highest BCUT2D eigenvalue weighted by Gasteiger charge is 2.37. The molecule has 102 valence electrons. The van der Waals surface area contributed by atoms with E-state index in [9.17, 15) is 9.59 Å². The molecule has 2 unspecified atom stereocenters. The van der Waals surface area contributed by atoms with Crippen LogP contribution < -0.4 is 0 Å². The van der Waals surface area contributed by atoms with Crippen LogP contribution in [0.15, 0.2) is 12.7 Å². The molecule has 1 aliphatic heterocycles. The van der Waals surface area contributed by atoms with E-state index in [1.54, 1.807) is 16.8 Å². The van der Waals surface area contributed by atoms with Crippen LogP contribution >= 0.6 is 0 Å². The number of carboxylic acids is 1. The second-order valence-corrected chi connectivity index (χ2v) is 4.96. The van der Waals surface area contributed by atoms with Crippen molar-refractivity contribution in [3.05, 3.63) is 12.7 Å². The van der Waals surface area contributed by atoms with E-state index in [0.29, 0.717) is 19.6 Å². The van der Waals surface area contributed by atoms with Gasteiger partial charge in [-0.25, -0.2) is 4.79 Å². The zero-order valence-corrected chi connectivity index (χ0v) is 11.1. The Morgan fingerprint density at radius 2 is 2.17 bits per heavy atom. The monoisotopic (exact) mass is 254 g/mol. The second-order valence-electron chi connectivity index (χ2n) is 4.96. The van der Waals surface area contributed by atoms with E-state index in [2.05, 4.69) is 6.58 Å². The van der Waals surface area contributed by atoms with Crippen LogP contribution in [0, 0.1) is 11.8 Å². The van der Waals surface area contributed by atoms with Crippen molar-refractivity contribution in [1.82, 2.24) is 9.80 Å². The number of rotatable bonds is 5. The van der Waals surface area contributed by atoms with Gasteiger partial charge in [0.2, 0.25) is 0 Å². The summed E-state index contributed by atoms with van der Waals surface area (Å²) >= 11 is 0. The molecule has 1 aliphatic rings. The van der Waals surface area contributed by atoms with Gasteiger partial charge in [-0.2, -0.15) is 0 Å². The van der Waals surface area contributed by atoms with Crippen molar-refractivity contribution in [2.45, 2.75) is 19.8 Å². The summed E-state index contributed by atoms with van der Waals surface area (Å²) in [4.78, 5) is 26.4. The van der Waals surface area contributed by atoms with Crippen molar-refractivity contribution in [2.24, 2.45) is 11.8 Å². The van der Waals surface area contributed by atoms with E-state index < -0.39 is 11.9 Å². The van der Waals surface area contributed by atoms with Crippen LogP contribution in [-0.2, 0) is 4.79 Å². The molecular formula is C13H22N2O3. The second kappa shape index (κ2) is 6.42. The molecule has 1 saturated heterocycles. The number of carbonyl (C=O) groups is 2. The van der Waals surface area contributed by atoms with Gasteiger partial charge in [0, 0.05) is 26.7 Å². The van der Waals surface area contributed by atoms with Gasteiger partial charge in [-0.05, 0) is 18.8 Å². The van der Waals surface area contributed by atoms with E-state index in [0.717, 1.165) is 12.8 Å². The minimum atomic E-state index is -0.813. The molecule has 1 N–H and O–H groups in total. The largest absolute Gasteiger partial charge is 0.481 e. The molecule has 5 nitrogen and oxygen atoms in total. The lowest BCUT2D eigenvalue weighted by Crippen LogP contribution is -2.40. The number of aliphatic carboxylic acids is 1. The molecule has 5 heteroatoms. The highest BCUT2D eigenvalue weighted by Crippen LogP contribution is 2.23. The number of hydrogen-bond acceptors (Lipinski definition) is 2. The molecule has 0 aromatic carbocycles. The standard InChI is InChI=1S/C13H22N2O3/c1-4-5-6-7-14(3)13(18)15-8-10(2)11(9-15)12(16)17/h4,10-11H,1,5-9H2,2-3H3,(H,16,17). The topological polar surface area (TPSA) is 60.9 Å². The predicted octanol–water partition coefficient (Wildman–Crippen LogP) is 1.66. The summed E-state index contributed by atoms with van der Waals surface area (Å²) in [6.45, 7) is 7.04. The SMILES string of the molecule is C=CCCCN(C)C(=O)N1CC(C)C(C(=O)O)C1. The van der Waals surface area contributed by atoms with Gasteiger partial charge in [0.1, 0.15) is 0 Å². The third-order valence-electron chi connectivity index (χ3n) is 3.43. The summed E-state index contributed by atoms with van der Waals surface area (Å²) < 4.78 is 0. The maximum Gasteiger partial charge on any atom is 0.319 e. The Morgan fingerprint density at radius 1 is 1.50 bits per heavy atom. The molecule has 1 rings (SSSR count). The Bertz CT molecular complexity index is 330. The fourth-order valence-electron chi connectivity index (χ4n) is 2.25. The van der Waals surface area contributed by atoms with Crippen molar-refractivity contribution in [3.8, 4) is 0 Å². The molecule has 1 fully saturated rings. The van der Waals surface area contributed by atoms with Crippen LogP contribution in [-0.4, -0.2) is 53.6 Å². The van der Waals surface area contributed by atoms with Crippen molar-refractivity contribution < 1.29 is 14.7 Å². The summed E-state index contributed by atoms with van der Waals surface area (Å²) in [6, 6.07) is -0.0744. The molecule has 0 aromatic rings. The van der Waals surface area contributed by atoms with E-state index in [4.69, 9.17) is 5.11 Å². The molecule has 18 heavy (non-hydrogen) atoms. The number of nitrogens with zero attached hydrogens (tertiary/aromatic N) is 2. The van der Waals surface area contributed by atoms with E-state index in [-0.39, 0.29) is 11.9 Å². The van der Waals surface area contributed by atoms with Gasteiger partial charge in [0.15, 0.2) is 0 Å². The molecule has 0 aliphatic carbocycles. The van der Waals surface area contributed by atoms with Crippen LogP contribution in [0.5, 0.6) is 0 Å². The Kier molecular flexibility index (Phi) is 5.19. The Hall–Kier alpha value is -1.52. The Morgan fingerprint density at radius 3 is 2.67 bits per heavy atom. The number of amides is 2. The smallest absolute Gasteiger partial charge is 0.319 e. The molecular weight excluding hydrogens is 232 g/mol. The molecule has 0 saturated carbocycles. The van der Waals surface area contributed by atoms with Crippen LogP contribution in [0.3, 0.4) is 0 Å². The van der Waals surface area contributed by atoms with E-state index >= 15 is 0 Å². The third kappa shape index (κ3) is 3.48. The zero-order valence-electron chi connectivity index (χ0n) is 11.1. The van der Waals surface area contributed by atoms with Crippen molar-refractivity contribution in [3.63, 3.8) is 0 Å². The van der Waals surface area contributed by atoms with E-state index in [1.807, 2.05) is 13.0 Å². The minimum absolute atomic E-state index is 0.0213. The average Bonchev–Trinajstić information content (AvgIpc) is 2.70. The first-order chi connectivity index (χ1) is 8.47. The first-order valence-electron chi connectivity index (χ1n) is 6.31. The zero-order chi connectivity index (χ0) is 13.7. The predicted molar refractivity (Wildman–Crippen MR) is 69.3 cm³/mol. The molecule has 0 aromatic heterocycles.